The van der Waals surface area contributed by atoms with Crippen LogP contribution in [-0.4, -0.2) is 25.4 Å². The molecule has 21 heavy (non-hydrogen) atoms. The highest BCUT2D eigenvalue weighted by atomic mass is 35.5. The van der Waals surface area contributed by atoms with Crippen LogP contribution in [0.15, 0.2) is 24.3 Å². The number of carbonyl (C=O) groups excluding carboxylic acids is 1. The Morgan fingerprint density at radius 3 is 2.38 bits per heavy atom. The Balaban J connectivity index is 0.00000400. The molecule has 0 aromatic heterocycles. The van der Waals surface area contributed by atoms with E-state index in [1.165, 1.54) is 24.3 Å². The first-order chi connectivity index (χ1) is 9.31. The molecule has 8 heteroatoms. The van der Waals surface area contributed by atoms with E-state index in [2.05, 4.69) is 10.1 Å². The van der Waals surface area contributed by atoms with Gasteiger partial charge in [-0.15, -0.1) is 25.6 Å². The zero-order valence-corrected chi connectivity index (χ0v) is 12.3. The summed E-state index contributed by atoms with van der Waals surface area (Å²) in [5.41, 5.74) is 6.16. The number of hydrogen-bond acceptors (Lipinski definition) is 3. The summed E-state index contributed by atoms with van der Waals surface area (Å²) in [5.74, 6) is -0.649. The Morgan fingerprint density at radius 2 is 1.90 bits per heavy atom. The summed E-state index contributed by atoms with van der Waals surface area (Å²) >= 11 is 0. The van der Waals surface area contributed by atoms with Gasteiger partial charge in [-0.3, -0.25) is 4.79 Å². The second-order valence-corrected chi connectivity index (χ2v) is 4.37. The van der Waals surface area contributed by atoms with E-state index in [1.54, 1.807) is 6.92 Å². The Hall–Kier alpha value is -1.47. The highest BCUT2D eigenvalue weighted by molar-refractivity contribution is 5.85. The molecule has 1 aromatic rings. The van der Waals surface area contributed by atoms with Gasteiger partial charge in [0, 0.05) is 19.0 Å². The molecule has 0 saturated heterocycles. The van der Waals surface area contributed by atoms with Crippen molar-refractivity contribution in [2.75, 3.05) is 13.1 Å². The predicted molar refractivity (Wildman–Crippen MR) is 75.3 cm³/mol. The number of hydrogen-bond donors (Lipinski definition) is 2. The molecule has 1 amide bonds. The molecule has 0 saturated carbocycles. The normalized spacial score (nSPS) is 12.2. The van der Waals surface area contributed by atoms with Crippen molar-refractivity contribution in [2.24, 2.45) is 11.7 Å². The van der Waals surface area contributed by atoms with Crippen molar-refractivity contribution in [1.82, 2.24) is 5.32 Å². The molecule has 3 N–H and O–H groups in total. The topological polar surface area (TPSA) is 64.4 Å². The highest BCUT2D eigenvalue weighted by Gasteiger charge is 2.30. The Kier molecular flexibility index (Phi) is 8.12. The summed E-state index contributed by atoms with van der Waals surface area (Å²) in [5, 5.41) is 2.70. The predicted octanol–water partition coefficient (Wildman–Crippen LogP) is 2.26. The molecule has 0 aliphatic heterocycles. The van der Waals surface area contributed by atoms with Crippen LogP contribution in [-0.2, 0) is 11.2 Å². The second-order valence-electron chi connectivity index (χ2n) is 4.37. The van der Waals surface area contributed by atoms with E-state index in [0.717, 1.165) is 5.56 Å². The van der Waals surface area contributed by atoms with Crippen LogP contribution in [0.3, 0.4) is 0 Å². The van der Waals surface area contributed by atoms with Gasteiger partial charge in [-0.05, 0) is 24.1 Å². The van der Waals surface area contributed by atoms with Gasteiger partial charge in [0.05, 0.1) is 0 Å². The summed E-state index contributed by atoms with van der Waals surface area (Å²) in [7, 11) is 0. The van der Waals surface area contributed by atoms with Gasteiger partial charge in [0.2, 0.25) is 5.91 Å². The summed E-state index contributed by atoms with van der Waals surface area (Å²) in [4.78, 5) is 11.4. The van der Waals surface area contributed by atoms with Crippen LogP contribution in [0.4, 0.5) is 13.2 Å². The molecule has 4 nitrogen and oxygen atoms in total. The first kappa shape index (κ1) is 19.5. The van der Waals surface area contributed by atoms with Crippen LogP contribution in [0.2, 0.25) is 0 Å². The van der Waals surface area contributed by atoms with E-state index >= 15 is 0 Å². The smallest absolute Gasteiger partial charge is 0.406 e. The Morgan fingerprint density at radius 1 is 1.33 bits per heavy atom. The van der Waals surface area contributed by atoms with E-state index < -0.39 is 6.36 Å². The van der Waals surface area contributed by atoms with E-state index in [1.807, 2.05) is 0 Å². The summed E-state index contributed by atoms with van der Waals surface area (Å²) in [6.45, 7) is 2.40. The average molecular weight is 327 g/mol. The molecule has 1 aromatic carbocycles. The van der Waals surface area contributed by atoms with Crippen molar-refractivity contribution in [3.05, 3.63) is 29.8 Å². The number of nitrogens with one attached hydrogen (secondary N) is 1. The number of rotatable bonds is 6. The number of amides is 1. The average Bonchev–Trinajstić information content (AvgIpc) is 2.38. The van der Waals surface area contributed by atoms with Gasteiger partial charge in [-0.1, -0.05) is 19.1 Å². The molecule has 0 spiro atoms. The number of nitrogens with two attached hydrogens (primary N) is 1. The maximum absolute atomic E-state index is 12.0. The molecule has 0 radical (unpaired) electrons. The van der Waals surface area contributed by atoms with Crippen molar-refractivity contribution in [3.63, 3.8) is 0 Å². The van der Waals surface area contributed by atoms with Gasteiger partial charge < -0.3 is 15.8 Å². The van der Waals surface area contributed by atoms with Crippen LogP contribution in [0.1, 0.15) is 12.5 Å². The molecule has 1 atom stereocenters. The zero-order valence-electron chi connectivity index (χ0n) is 11.4. The fraction of sp³-hybridized carbons (Fsp3) is 0.462. The van der Waals surface area contributed by atoms with E-state index in [4.69, 9.17) is 5.73 Å². The minimum absolute atomic E-state index is 0. The van der Waals surface area contributed by atoms with Crippen LogP contribution in [0.25, 0.3) is 0 Å². The van der Waals surface area contributed by atoms with Gasteiger partial charge >= 0.3 is 6.36 Å². The molecular weight excluding hydrogens is 309 g/mol. The monoisotopic (exact) mass is 326 g/mol. The van der Waals surface area contributed by atoms with Crippen molar-refractivity contribution in [1.29, 1.82) is 0 Å². The van der Waals surface area contributed by atoms with Crippen LogP contribution < -0.4 is 15.8 Å². The Bertz CT molecular complexity index is 438. The maximum Gasteiger partial charge on any atom is 0.573 e. The molecule has 120 valence electrons. The van der Waals surface area contributed by atoms with Gasteiger partial charge in [0.15, 0.2) is 0 Å². The van der Waals surface area contributed by atoms with Crippen LogP contribution in [0, 0.1) is 5.92 Å². The Labute approximate surface area is 127 Å². The molecule has 1 rings (SSSR count). The molecule has 0 heterocycles. The third-order valence-corrected chi connectivity index (χ3v) is 2.67. The van der Waals surface area contributed by atoms with Gasteiger partial charge in [-0.2, -0.15) is 0 Å². The standard InChI is InChI=1S/C13H17F3N2O2.ClH/c1-9(8-17)12(19)18-7-6-10-2-4-11(5-3-10)20-13(14,15)16;/h2-5,9H,6-8,17H2,1H3,(H,18,19);1H. The number of ether oxygens (including phenoxy) is 1. The lowest BCUT2D eigenvalue weighted by molar-refractivity contribution is -0.274. The van der Waals surface area contributed by atoms with Crippen molar-refractivity contribution in [3.8, 4) is 5.75 Å². The van der Waals surface area contributed by atoms with Crippen LogP contribution >= 0.6 is 12.4 Å². The molecule has 0 aliphatic rings. The summed E-state index contributed by atoms with van der Waals surface area (Å²) < 4.78 is 39.6. The van der Waals surface area contributed by atoms with E-state index in [0.29, 0.717) is 13.0 Å². The van der Waals surface area contributed by atoms with Gasteiger partial charge in [0.25, 0.3) is 0 Å². The molecule has 0 fully saturated rings. The quantitative estimate of drug-likeness (QED) is 0.843. The van der Waals surface area contributed by atoms with Gasteiger partial charge in [-0.25, -0.2) is 0 Å². The summed E-state index contributed by atoms with van der Waals surface area (Å²) in [6, 6.07) is 5.54. The second kappa shape index (κ2) is 8.74. The van der Waals surface area contributed by atoms with Crippen molar-refractivity contribution >= 4 is 18.3 Å². The summed E-state index contributed by atoms with van der Waals surface area (Å²) in [6.07, 6.45) is -4.16. The van der Waals surface area contributed by atoms with E-state index in [-0.39, 0.29) is 36.5 Å². The third-order valence-electron chi connectivity index (χ3n) is 2.67. The number of carbonyl (C=O) groups is 1. The molecule has 0 bridgehead atoms. The molecule has 0 aliphatic carbocycles. The zero-order chi connectivity index (χ0) is 15.2. The molecular formula is C13H18ClF3N2O2. The highest BCUT2D eigenvalue weighted by Crippen LogP contribution is 2.22. The van der Waals surface area contributed by atoms with Gasteiger partial charge in [0.1, 0.15) is 5.75 Å². The van der Waals surface area contributed by atoms with Crippen molar-refractivity contribution in [2.45, 2.75) is 19.7 Å². The minimum atomic E-state index is -4.69. The molecule has 1 unspecified atom stereocenters. The third kappa shape index (κ3) is 7.77. The lowest BCUT2D eigenvalue weighted by Crippen LogP contribution is -2.34. The van der Waals surface area contributed by atoms with E-state index in [9.17, 15) is 18.0 Å². The minimum Gasteiger partial charge on any atom is -0.406 e. The van der Waals surface area contributed by atoms with Crippen LogP contribution in [0.5, 0.6) is 5.75 Å². The lowest BCUT2D eigenvalue weighted by atomic mass is 10.1. The number of halogens is 4. The largest absolute Gasteiger partial charge is 0.573 e. The number of alkyl halides is 3. The maximum atomic E-state index is 12.0. The first-order valence-corrected chi connectivity index (χ1v) is 6.14. The SMILES string of the molecule is CC(CN)C(=O)NCCc1ccc(OC(F)(F)F)cc1.Cl. The van der Waals surface area contributed by atoms with Crippen molar-refractivity contribution < 1.29 is 22.7 Å². The first-order valence-electron chi connectivity index (χ1n) is 6.14. The number of benzene rings is 1. The fourth-order valence-electron chi connectivity index (χ4n) is 1.47. The fourth-order valence-corrected chi connectivity index (χ4v) is 1.47. The lowest BCUT2D eigenvalue weighted by Gasteiger charge is -2.11.